The summed E-state index contributed by atoms with van der Waals surface area (Å²) in [6.45, 7) is 3.92. The molecule has 0 aromatic carbocycles. The lowest BCUT2D eigenvalue weighted by molar-refractivity contribution is 0.108. The largest absolute Gasteiger partial charge is 0.378 e. The van der Waals surface area contributed by atoms with Gasteiger partial charge in [-0.1, -0.05) is 11.6 Å². The van der Waals surface area contributed by atoms with Gasteiger partial charge in [0, 0.05) is 24.4 Å². The van der Waals surface area contributed by atoms with Gasteiger partial charge in [0.2, 0.25) is 0 Å². The summed E-state index contributed by atoms with van der Waals surface area (Å²) in [5.74, 6) is 0.595. The third kappa shape index (κ3) is 2.38. The minimum atomic E-state index is 0.359. The molecule has 1 fully saturated rings. The van der Waals surface area contributed by atoms with Crippen LogP contribution in [0.4, 0.5) is 5.13 Å². The summed E-state index contributed by atoms with van der Waals surface area (Å²) in [5, 5.41) is 6.57. The predicted octanol–water partition coefficient (Wildman–Crippen LogP) is 2.63. The fraction of sp³-hybridized carbons (Fsp3) is 0.667. The van der Waals surface area contributed by atoms with Crippen molar-refractivity contribution >= 4 is 28.1 Å². The summed E-state index contributed by atoms with van der Waals surface area (Å²) in [6, 6.07) is 0. The van der Waals surface area contributed by atoms with Crippen LogP contribution in [0.1, 0.15) is 13.3 Å². The molecule has 2 heterocycles. The summed E-state index contributed by atoms with van der Waals surface area (Å²) in [5.41, 5.74) is 0. The summed E-state index contributed by atoms with van der Waals surface area (Å²) in [6.07, 6.45) is 1.49. The summed E-state index contributed by atoms with van der Waals surface area (Å²) in [4.78, 5) is 4.13. The van der Waals surface area contributed by atoms with Crippen molar-refractivity contribution in [1.29, 1.82) is 0 Å². The quantitative estimate of drug-likeness (QED) is 0.870. The average Bonchev–Trinajstić information content (AvgIpc) is 2.72. The molecule has 1 saturated heterocycles. The van der Waals surface area contributed by atoms with Crippen LogP contribution in [0, 0.1) is 5.92 Å². The lowest BCUT2D eigenvalue weighted by Gasteiger charge is -2.13. The Bertz CT molecular complexity index is 305. The van der Waals surface area contributed by atoms with E-state index in [2.05, 4.69) is 17.2 Å². The smallest absolute Gasteiger partial charge is 0.184 e. The first kappa shape index (κ1) is 10.2. The van der Waals surface area contributed by atoms with Gasteiger partial charge in [0.1, 0.15) is 5.15 Å². The van der Waals surface area contributed by atoms with Crippen LogP contribution < -0.4 is 5.32 Å². The topological polar surface area (TPSA) is 34.1 Å². The Morgan fingerprint density at radius 2 is 2.64 bits per heavy atom. The second kappa shape index (κ2) is 4.47. The van der Waals surface area contributed by atoms with Gasteiger partial charge in [-0.15, -0.1) is 11.3 Å². The Kier molecular flexibility index (Phi) is 3.26. The Labute approximate surface area is 92.4 Å². The zero-order chi connectivity index (χ0) is 9.97. The van der Waals surface area contributed by atoms with E-state index in [4.69, 9.17) is 16.3 Å². The molecule has 0 amide bonds. The van der Waals surface area contributed by atoms with Gasteiger partial charge in [0.25, 0.3) is 0 Å². The summed E-state index contributed by atoms with van der Waals surface area (Å²) >= 11 is 7.26. The summed E-state index contributed by atoms with van der Waals surface area (Å²) in [7, 11) is 0. The maximum Gasteiger partial charge on any atom is 0.184 e. The van der Waals surface area contributed by atoms with Crippen LogP contribution in [0.3, 0.4) is 0 Å². The zero-order valence-electron chi connectivity index (χ0n) is 8.00. The molecule has 2 unspecified atom stereocenters. The highest BCUT2D eigenvalue weighted by Crippen LogP contribution is 2.23. The van der Waals surface area contributed by atoms with E-state index in [9.17, 15) is 0 Å². The van der Waals surface area contributed by atoms with Gasteiger partial charge < -0.3 is 10.1 Å². The highest BCUT2D eigenvalue weighted by molar-refractivity contribution is 7.14. The van der Waals surface area contributed by atoms with Gasteiger partial charge in [-0.2, -0.15) is 0 Å². The van der Waals surface area contributed by atoms with Crippen molar-refractivity contribution in [2.24, 2.45) is 5.92 Å². The molecule has 2 rings (SSSR count). The van der Waals surface area contributed by atoms with Gasteiger partial charge in [-0.3, -0.25) is 0 Å². The van der Waals surface area contributed by atoms with E-state index in [0.717, 1.165) is 24.7 Å². The molecule has 1 aliphatic heterocycles. The van der Waals surface area contributed by atoms with Crippen molar-refractivity contribution < 1.29 is 4.74 Å². The van der Waals surface area contributed by atoms with Crippen molar-refractivity contribution in [3.05, 3.63) is 10.5 Å². The average molecular weight is 233 g/mol. The molecule has 0 radical (unpaired) electrons. The third-order valence-corrected chi connectivity index (χ3v) is 3.65. The van der Waals surface area contributed by atoms with E-state index >= 15 is 0 Å². The number of anilines is 1. The molecule has 1 N–H and O–H groups in total. The van der Waals surface area contributed by atoms with Crippen molar-refractivity contribution in [3.8, 4) is 0 Å². The van der Waals surface area contributed by atoms with Crippen LogP contribution in [0.25, 0.3) is 0 Å². The van der Waals surface area contributed by atoms with Crippen LogP contribution in [-0.2, 0) is 4.74 Å². The van der Waals surface area contributed by atoms with Gasteiger partial charge in [-0.25, -0.2) is 4.98 Å². The van der Waals surface area contributed by atoms with Gasteiger partial charge >= 0.3 is 0 Å². The molecule has 78 valence electrons. The molecule has 2 atom stereocenters. The van der Waals surface area contributed by atoms with Crippen LogP contribution in [0.2, 0.25) is 5.15 Å². The Balaban J connectivity index is 1.82. The number of hydrogen-bond donors (Lipinski definition) is 1. The van der Waals surface area contributed by atoms with E-state index in [1.54, 1.807) is 0 Å². The SMILES string of the molecule is CC1OCCC1CNc1nc(Cl)cs1. The fourth-order valence-electron chi connectivity index (χ4n) is 1.60. The van der Waals surface area contributed by atoms with Gasteiger partial charge in [0.05, 0.1) is 6.10 Å². The van der Waals surface area contributed by atoms with Crippen LogP contribution in [0.15, 0.2) is 5.38 Å². The predicted molar refractivity (Wildman–Crippen MR) is 59.1 cm³/mol. The van der Waals surface area contributed by atoms with E-state index < -0.39 is 0 Å². The van der Waals surface area contributed by atoms with Gasteiger partial charge in [0.15, 0.2) is 5.13 Å². The fourth-order valence-corrected chi connectivity index (χ4v) is 2.45. The highest BCUT2D eigenvalue weighted by Gasteiger charge is 2.23. The van der Waals surface area contributed by atoms with Crippen LogP contribution in [-0.4, -0.2) is 24.2 Å². The second-order valence-electron chi connectivity index (χ2n) is 3.48. The van der Waals surface area contributed by atoms with Crippen molar-refractivity contribution in [1.82, 2.24) is 4.98 Å². The molecular formula is C9H13ClN2OS. The first-order valence-electron chi connectivity index (χ1n) is 4.72. The zero-order valence-corrected chi connectivity index (χ0v) is 9.57. The number of rotatable bonds is 3. The normalized spacial score (nSPS) is 26.7. The lowest BCUT2D eigenvalue weighted by Crippen LogP contribution is -2.20. The van der Waals surface area contributed by atoms with E-state index in [1.165, 1.54) is 11.3 Å². The first-order valence-corrected chi connectivity index (χ1v) is 5.98. The highest BCUT2D eigenvalue weighted by atomic mass is 35.5. The van der Waals surface area contributed by atoms with Crippen molar-refractivity contribution in [2.75, 3.05) is 18.5 Å². The van der Waals surface area contributed by atoms with Gasteiger partial charge in [-0.05, 0) is 13.3 Å². The van der Waals surface area contributed by atoms with Crippen LogP contribution in [0.5, 0.6) is 0 Å². The molecule has 0 bridgehead atoms. The van der Waals surface area contributed by atoms with Crippen molar-refractivity contribution in [3.63, 3.8) is 0 Å². The Hall–Kier alpha value is -0.320. The number of nitrogens with one attached hydrogen (secondary N) is 1. The third-order valence-electron chi connectivity index (χ3n) is 2.52. The molecule has 1 aromatic heterocycles. The number of thiazole rings is 1. The number of hydrogen-bond acceptors (Lipinski definition) is 4. The lowest BCUT2D eigenvalue weighted by atomic mass is 10.0. The number of ether oxygens (including phenoxy) is 1. The minimum Gasteiger partial charge on any atom is -0.378 e. The number of halogens is 1. The number of nitrogens with zero attached hydrogens (tertiary/aromatic N) is 1. The van der Waals surface area contributed by atoms with Crippen LogP contribution >= 0.6 is 22.9 Å². The maximum atomic E-state index is 5.72. The van der Waals surface area contributed by atoms with E-state index in [1.807, 2.05) is 5.38 Å². The molecular weight excluding hydrogens is 220 g/mol. The maximum absolute atomic E-state index is 5.72. The molecule has 0 saturated carbocycles. The number of aromatic nitrogens is 1. The van der Waals surface area contributed by atoms with Crippen molar-refractivity contribution in [2.45, 2.75) is 19.4 Å². The molecule has 1 aromatic rings. The molecule has 3 nitrogen and oxygen atoms in total. The molecule has 1 aliphatic rings. The van der Waals surface area contributed by atoms with E-state index in [-0.39, 0.29) is 0 Å². The molecule has 5 heteroatoms. The van der Waals surface area contributed by atoms with E-state index in [0.29, 0.717) is 17.2 Å². The second-order valence-corrected chi connectivity index (χ2v) is 4.73. The molecule has 0 spiro atoms. The Morgan fingerprint density at radius 1 is 1.79 bits per heavy atom. The standard InChI is InChI=1S/C9H13ClN2OS/c1-6-7(2-3-13-6)4-11-9-12-8(10)5-14-9/h5-7H,2-4H2,1H3,(H,11,12). The molecule has 14 heavy (non-hydrogen) atoms. The monoisotopic (exact) mass is 232 g/mol. The Morgan fingerprint density at radius 3 is 3.21 bits per heavy atom. The first-order chi connectivity index (χ1) is 6.75. The summed E-state index contributed by atoms with van der Waals surface area (Å²) < 4.78 is 5.48. The minimum absolute atomic E-state index is 0.359. The molecule has 0 aliphatic carbocycles.